The summed E-state index contributed by atoms with van der Waals surface area (Å²) in [5, 5.41) is 17.3. The fraction of sp³-hybridized carbons (Fsp3) is 0.250. The van der Waals surface area contributed by atoms with Gasteiger partial charge in [0.2, 0.25) is 0 Å². The molecule has 2 N–H and O–H groups in total. The molecule has 3 heterocycles. The molecule has 0 aliphatic rings. The number of H-pyrrole nitrogens is 1. The van der Waals surface area contributed by atoms with Gasteiger partial charge in [-0.3, -0.25) is 9.78 Å². The Morgan fingerprint density at radius 3 is 3.05 bits per heavy atom. The molecule has 0 spiro atoms. The third kappa shape index (κ3) is 3.18. The zero-order valence-corrected chi connectivity index (χ0v) is 13.4. The van der Waals surface area contributed by atoms with Crippen LogP contribution >= 0.6 is 11.3 Å². The number of aromatic nitrogens is 4. The minimum atomic E-state index is 0.741. The average molecular weight is 313 g/mol. The van der Waals surface area contributed by atoms with E-state index in [1.807, 2.05) is 23.9 Å². The second-order valence-electron chi connectivity index (χ2n) is 5.10. The zero-order chi connectivity index (χ0) is 15.4. The molecule has 0 aliphatic carbocycles. The van der Waals surface area contributed by atoms with Crippen LogP contribution in [0.15, 0.2) is 42.6 Å². The topological polar surface area (TPSA) is 58.5 Å². The number of aromatic amines is 1. The van der Waals surface area contributed by atoms with Crippen LogP contribution in [0.2, 0.25) is 0 Å². The molecule has 5 nitrogen and oxygen atoms in total. The normalized spacial score (nSPS) is 11.0. The maximum atomic E-state index is 4.46. The molecule has 0 aliphatic heterocycles. The van der Waals surface area contributed by atoms with Crippen LogP contribution in [-0.2, 0) is 19.6 Å². The summed E-state index contributed by atoms with van der Waals surface area (Å²) >= 11 is 1.71. The van der Waals surface area contributed by atoms with E-state index in [1.165, 1.54) is 16.0 Å². The van der Waals surface area contributed by atoms with E-state index in [1.54, 1.807) is 11.3 Å². The minimum absolute atomic E-state index is 0.741. The van der Waals surface area contributed by atoms with Gasteiger partial charge in [0.1, 0.15) is 0 Å². The summed E-state index contributed by atoms with van der Waals surface area (Å²) in [7, 11) is 0. The zero-order valence-electron chi connectivity index (χ0n) is 12.5. The van der Waals surface area contributed by atoms with Gasteiger partial charge in [-0.15, -0.1) is 17.9 Å². The first-order valence-corrected chi connectivity index (χ1v) is 8.06. The molecule has 3 rings (SSSR count). The van der Waals surface area contributed by atoms with E-state index in [9.17, 15) is 0 Å². The number of nitrogens with one attached hydrogen (secondary N) is 2. The molecule has 0 atom stereocenters. The van der Waals surface area contributed by atoms with E-state index < -0.39 is 0 Å². The minimum Gasteiger partial charge on any atom is -0.308 e. The Kier molecular flexibility index (Phi) is 4.50. The number of rotatable bonds is 7. The maximum absolute atomic E-state index is 4.46. The van der Waals surface area contributed by atoms with Gasteiger partial charge in [0.15, 0.2) is 0 Å². The van der Waals surface area contributed by atoms with Gasteiger partial charge in [-0.1, -0.05) is 12.1 Å². The Bertz CT molecular complexity index is 739. The fourth-order valence-electron chi connectivity index (χ4n) is 2.37. The van der Waals surface area contributed by atoms with Crippen LogP contribution in [0, 0.1) is 6.92 Å². The van der Waals surface area contributed by atoms with Crippen molar-refractivity contribution >= 4 is 11.3 Å². The molecule has 114 valence electrons. The lowest BCUT2D eigenvalue weighted by Crippen LogP contribution is -2.13. The van der Waals surface area contributed by atoms with Crippen molar-refractivity contribution in [3.63, 3.8) is 0 Å². The first-order valence-electron chi connectivity index (χ1n) is 7.18. The van der Waals surface area contributed by atoms with E-state index in [2.05, 4.69) is 50.9 Å². The molecule has 6 heteroatoms. The molecule has 0 amide bonds. The Hall–Kier alpha value is -2.18. The highest BCUT2D eigenvalue weighted by Gasteiger charge is 2.09. The van der Waals surface area contributed by atoms with Gasteiger partial charge in [-0.05, 0) is 18.4 Å². The third-order valence-corrected chi connectivity index (χ3v) is 4.37. The summed E-state index contributed by atoms with van der Waals surface area (Å²) in [6.45, 7) is 8.08. The van der Waals surface area contributed by atoms with Crippen molar-refractivity contribution in [3.05, 3.63) is 59.4 Å². The number of thiophene rings is 1. The summed E-state index contributed by atoms with van der Waals surface area (Å²) in [5.74, 6) is 0. The number of aryl methyl sites for hydroxylation is 1. The van der Waals surface area contributed by atoms with Gasteiger partial charge < -0.3 is 5.32 Å². The standard InChI is InChI=1S/C16H19N5S/c1-3-6-21-11-14(12(2)20-21)9-17-8-13-10-18-19-16(13)15-5-4-7-22-15/h3-5,7,10-11,17H,1,6,8-9H2,2H3,(H,18,19). The third-order valence-electron chi connectivity index (χ3n) is 3.48. The van der Waals surface area contributed by atoms with Crippen LogP contribution in [-0.4, -0.2) is 20.0 Å². The van der Waals surface area contributed by atoms with Crippen LogP contribution in [0.1, 0.15) is 16.8 Å². The van der Waals surface area contributed by atoms with Crippen LogP contribution < -0.4 is 5.32 Å². The Labute approximate surface area is 133 Å². The average Bonchev–Trinajstić information content (AvgIpc) is 3.21. The Morgan fingerprint density at radius 1 is 1.41 bits per heavy atom. The summed E-state index contributed by atoms with van der Waals surface area (Å²) in [6, 6.07) is 4.15. The van der Waals surface area contributed by atoms with E-state index >= 15 is 0 Å². The van der Waals surface area contributed by atoms with Crippen molar-refractivity contribution < 1.29 is 0 Å². The quantitative estimate of drug-likeness (QED) is 0.659. The molecule has 0 bridgehead atoms. The molecule has 3 aromatic rings. The van der Waals surface area contributed by atoms with Gasteiger partial charge in [0.05, 0.1) is 29.0 Å². The second-order valence-corrected chi connectivity index (χ2v) is 6.05. The van der Waals surface area contributed by atoms with Crippen molar-refractivity contribution in [1.29, 1.82) is 0 Å². The Morgan fingerprint density at radius 2 is 2.27 bits per heavy atom. The number of hydrogen-bond donors (Lipinski definition) is 2. The van der Waals surface area contributed by atoms with Gasteiger partial charge >= 0.3 is 0 Å². The summed E-state index contributed by atoms with van der Waals surface area (Å²) in [4.78, 5) is 1.21. The van der Waals surface area contributed by atoms with Crippen LogP contribution in [0.5, 0.6) is 0 Å². The largest absolute Gasteiger partial charge is 0.308 e. The van der Waals surface area contributed by atoms with Gasteiger partial charge in [-0.25, -0.2) is 0 Å². The van der Waals surface area contributed by atoms with Crippen molar-refractivity contribution in [2.24, 2.45) is 0 Å². The lowest BCUT2D eigenvalue weighted by molar-refractivity contribution is 0.685. The van der Waals surface area contributed by atoms with Crippen LogP contribution in [0.4, 0.5) is 0 Å². The predicted molar refractivity (Wildman–Crippen MR) is 89.6 cm³/mol. The van der Waals surface area contributed by atoms with Crippen molar-refractivity contribution in [3.8, 4) is 10.6 Å². The highest BCUT2D eigenvalue weighted by atomic mass is 32.1. The summed E-state index contributed by atoms with van der Waals surface area (Å²) in [6.07, 6.45) is 5.80. The van der Waals surface area contributed by atoms with Crippen molar-refractivity contribution in [2.75, 3.05) is 0 Å². The van der Waals surface area contributed by atoms with Gasteiger partial charge in [0, 0.05) is 30.4 Å². The first kappa shape index (κ1) is 14.7. The summed E-state index contributed by atoms with van der Waals surface area (Å²) < 4.78 is 1.91. The summed E-state index contributed by atoms with van der Waals surface area (Å²) in [5.41, 5.74) is 4.54. The highest BCUT2D eigenvalue weighted by Crippen LogP contribution is 2.25. The Balaban J connectivity index is 1.62. The fourth-order valence-corrected chi connectivity index (χ4v) is 3.13. The lowest BCUT2D eigenvalue weighted by Gasteiger charge is -2.04. The van der Waals surface area contributed by atoms with Crippen molar-refractivity contribution in [1.82, 2.24) is 25.3 Å². The molecule has 0 aromatic carbocycles. The van der Waals surface area contributed by atoms with Crippen LogP contribution in [0.25, 0.3) is 10.6 Å². The lowest BCUT2D eigenvalue weighted by atomic mass is 10.2. The van der Waals surface area contributed by atoms with E-state index in [4.69, 9.17) is 0 Å². The smallest absolute Gasteiger partial charge is 0.0794 e. The molecule has 0 radical (unpaired) electrons. The van der Waals surface area contributed by atoms with Gasteiger partial charge in [0.25, 0.3) is 0 Å². The molecule has 0 unspecified atom stereocenters. The molecule has 22 heavy (non-hydrogen) atoms. The highest BCUT2D eigenvalue weighted by molar-refractivity contribution is 7.13. The molecular formula is C16H19N5S. The number of hydrogen-bond acceptors (Lipinski definition) is 4. The molecule has 0 fully saturated rings. The molecule has 3 aromatic heterocycles. The SMILES string of the molecule is C=CCn1cc(CNCc2cn[nH]c2-c2cccs2)c(C)n1. The van der Waals surface area contributed by atoms with Crippen molar-refractivity contribution in [2.45, 2.75) is 26.6 Å². The number of allylic oxidation sites excluding steroid dienone is 1. The van der Waals surface area contributed by atoms with E-state index in [-0.39, 0.29) is 0 Å². The maximum Gasteiger partial charge on any atom is 0.0794 e. The molecule has 0 saturated heterocycles. The van der Waals surface area contributed by atoms with E-state index in [0.717, 1.165) is 31.0 Å². The molecule has 0 saturated carbocycles. The number of nitrogens with zero attached hydrogens (tertiary/aromatic N) is 3. The first-order chi connectivity index (χ1) is 10.8. The second kappa shape index (κ2) is 6.72. The van der Waals surface area contributed by atoms with E-state index in [0.29, 0.717) is 0 Å². The van der Waals surface area contributed by atoms with Crippen LogP contribution in [0.3, 0.4) is 0 Å². The van der Waals surface area contributed by atoms with Gasteiger partial charge in [-0.2, -0.15) is 10.2 Å². The monoisotopic (exact) mass is 313 g/mol. The predicted octanol–water partition coefficient (Wildman–Crippen LogP) is 3.12. The molecular weight excluding hydrogens is 294 g/mol.